The molecular weight excluding hydrogens is 374 g/mol. The Balaban J connectivity index is 1.42. The number of hydrogen-bond acceptors (Lipinski definition) is 2. The van der Waals surface area contributed by atoms with E-state index in [1.807, 2.05) is 58.1 Å². The van der Waals surface area contributed by atoms with E-state index in [-0.39, 0.29) is 5.91 Å². The van der Waals surface area contributed by atoms with Crippen molar-refractivity contribution in [2.24, 2.45) is 0 Å². The second kappa shape index (κ2) is 6.60. The van der Waals surface area contributed by atoms with Gasteiger partial charge in [0, 0.05) is 58.4 Å². The van der Waals surface area contributed by atoms with E-state index >= 15 is 0 Å². The lowest BCUT2D eigenvalue weighted by molar-refractivity contribution is -0.132. The van der Waals surface area contributed by atoms with Crippen molar-refractivity contribution in [1.29, 1.82) is 0 Å². The van der Waals surface area contributed by atoms with E-state index < -0.39 is 0 Å². The summed E-state index contributed by atoms with van der Waals surface area (Å²) in [6.07, 6.45) is 2.78. The molecule has 4 aromatic rings. The lowest BCUT2D eigenvalue weighted by atomic mass is 10.0. The monoisotopic (exact) mass is 393 g/mol. The first-order valence-electron chi connectivity index (χ1n) is 9.32. The zero-order valence-corrected chi connectivity index (χ0v) is 16.3. The minimum absolute atomic E-state index is 0.111. The van der Waals surface area contributed by atoms with Crippen LogP contribution < -0.4 is 4.74 Å². The Morgan fingerprint density at radius 2 is 2.11 bits per heavy atom. The van der Waals surface area contributed by atoms with Gasteiger partial charge >= 0.3 is 0 Å². The van der Waals surface area contributed by atoms with Gasteiger partial charge in [-0.05, 0) is 41.8 Å². The third-order valence-corrected chi connectivity index (χ3v) is 5.81. The fourth-order valence-corrected chi connectivity index (χ4v) is 4.24. The molecule has 1 amide bonds. The molecule has 0 aliphatic carbocycles. The number of nitrogens with zero attached hydrogens (tertiary/aromatic N) is 2. The Kier molecular flexibility index (Phi) is 4.05. The van der Waals surface area contributed by atoms with Crippen LogP contribution in [-0.4, -0.2) is 34.0 Å². The minimum Gasteiger partial charge on any atom is -0.497 e. The van der Waals surface area contributed by atoms with Crippen LogP contribution in [0.5, 0.6) is 5.75 Å². The van der Waals surface area contributed by atoms with E-state index in [0.717, 1.165) is 40.5 Å². The first kappa shape index (κ1) is 17.2. The number of methoxy groups -OCH3 is 1. The van der Waals surface area contributed by atoms with Crippen LogP contribution in [0.4, 0.5) is 0 Å². The molecule has 3 heterocycles. The average molecular weight is 394 g/mol. The summed E-state index contributed by atoms with van der Waals surface area (Å²) in [5.41, 5.74) is 4.47. The molecule has 142 valence electrons. The number of fused-ring (bicyclic) bond motifs is 4. The molecule has 0 radical (unpaired) electrons. The van der Waals surface area contributed by atoms with Gasteiger partial charge in [-0.1, -0.05) is 17.7 Å². The molecule has 2 aromatic heterocycles. The first-order chi connectivity index (χ1) is 13.6. The molecule has 5 nitrogen and oxygen atoms in total. The third-order valence-electron chi connectivity index (χ3n) is 5.58. The molecular formula is C22H20ClN3O2. The molecule has 5 rings (SSSR count). The fraction of sp³-hybridized carbons (Fsp3) is 0.227. The average Bonchev–Trinajstić information content (AvgIpc) is 3.27. The molecule has 1 N–H and O–H groups in total. The number of aromatic nitrogens is 2. The number of carbonyl (C=O) groups is 1. The highest BCUT2D eigenvalue weighted by Gasteiger charge is 2.24. The molecule has 0 atom stereocenters. The fourth-order valence-electron chi connectivity index (χ4n) is 4.07. The molecule has 28 heavy (non-hydrogen) atoms. The normalized spacial score (nSPS) is 13.9. The Bertz CT molecular complexity index is 1210. The van der Waals surface area contributed by atoms with E-state index in [1.165, 1.54) is 11.3 Å². The molecule has 1 aliphatic heterocycles. The van der Waals surface area contributed by atoms with Crippen molar-refractivity contribution in [2.75, 3.05) is 13.7 Å². The van der Waals surface area contributed by atoms with Gasteiger partial charge in [0.15, 0.2) is 0 Å². The van der Waals surface area contributed by atoms with Gasteiger partial charge in [-0.2, -0.15) is 0 Å². The standard InChI is InChI=1S/C22H20ClN3O2/c1-28-16-4-5-19-17(11-16)18-12-26(9-7-20(18)24-19)22(27)13-25-8-6-14-2-3-15(23)10-21(14)25/h2-6,8,10-11,24H,7,9,12-13H2,1H3. The summed E-state index contributed by atoms with van der Waals surface area (Å²) in [7, 11) is 1.67. The van der Waals surface area contributed by atoms with Gasteiger partial charge in [-0.15, -0.1) is 0 Å². The summed E-state index contributed by atoms with van der Waals surface area (Å²) in [6, 6.07) is 13.8. The Morgan fingerprint density at radius 1 is 1.21 bits per heavy atom. The van der Waals surface area contributed by atoms with Crippen LogP contribution in [0.1, 0.15) is 11.3 Å². The number of rotatable bonds is 3. The number of halogens is 1. The predicted molar refractivity (Wildman–Crippen MR) is 111 cm³/mol. The van der Waals surface area contributed by atoms with Crippen LogP contribution in [0.25, 0.3) is 21.8 Å². The molecule has 0 fully saturated rings. The number of hydrogen-bond donors (Lipinski definition) is 1. The highest BCUT2D eigenvalue weighted by atomic mass is 35.5. The van der Waals surface area contributed by atoms with Crippen molar-refractivity contribution >= 4 is 39.3 Å². The molecule has 1 aliphatic rings. The Morgan fingerprint density at radius 3 is 2.96 bits per heavy atom. The SMILES string of the molecule is COc1ccc2[nH]c3c(c2c1)CN(C(=O)Cn1ccc2ccc(Cl)cc21)CC3. The second-order valence-electron chi connectivity index (χ2n) is 7.21. The molecule has 6 heteroatoms. The van der Waals surface area contributed by atoms with Crippen molar-refractivity contribution in [3.63, 3.8) is 0 Å². The maximum absolute atomic E-state index is 13.0. The van der Waals surface area contributed by atoms with Crippen LogP contribution in [0.3, 0.4) is 0 Å². The van der Waals surface area contributed by atoms with E-state index in [1.54, 1.807) is 7.11 Å². The highest BCUT2D eigenvalue weighted by Crippen LogP contribution is 2.30. The summed E-state index contributed by atoms with van der Waals surface area (Å²) in [5, 5.41) is 2.89. The van der Waals surface area contributed by atoms with Gasteiger partial charge in [-0.3, -0.25) is 4.79 Å². The van der Waals surface area contributed by atoms with Gasteiger partial charge in [0.1, 0.15) is 12.3 Å². The quantitative estimate of drug-likeness (QED) is 0.562. The number of carbonyl (C=O) groups excluding carboxylic acids is 1. The number of aromatic amines is 1. The van der Waals surface area contributed by atoms with Crippen molar-refractivity contribution in [1.82, 2.24) is 14.5 Å². The lowest BCUT2D eigenvalue weighted by Crippen LogP contribution is -2.37. The maximum atomic E-state index is 13.0. The lowest BCUT2D eigenvalue weighted by Gasteiger charge is -2.27. The third kappa shape index (κ3) is 2.83. The largest absolute Gasteiger partial charge is 0.497 e. The van der Waals surface area contributed by atoms with Gasteiger partial charge in [-0.25, -0.2) is 0 Å². The van der Waals surface area contributed by atoms with E-state index in [4.69, 9.17) is 16.3 Å². The molecule has 2 aromatic carbocycles. The van der Waals surface area contributed by atoms with E-state index in [9.17, 15) is 4.79 Å². The van der Waals surface area contributed by atoms with Gasteiger partial charge < -0.3 is 19.2 Å². The molecule has 0 spiro atoms. The number of amides is 1. The second-order valence-corrected chi connectivity index (χ2v) is 7.64. The van der Waals surface area contributed by atoms with Crippen molar-refractivity contribution in [2.45, 2.75) is 19.5 Å². The van der Waals surface area contributed by atoms with Crippen molar-refractivity contribution in [3.8, 4) is 5.75 Å². The molecule has 0 saturated heterocycles. The summed E-state index contributed by atoms with van der Waals surface area (Å²) in [5.74, 6) is 0.939. The van der Waals surface area contributed by atoms with Crippen LogP contribution in [-0.2, 0) is 24.3 Å². The molecule has 0 unspecified atom stereocenters. The van der Waals surface area contributed by atoms with Crippen molar-refractivity contribution < 1.29 is 9.53 Å². The summed E-state index contributed by atoms with van der Waals surface area (Å²) in [6.45, 7) is 1.64. The number of benzene rings is 2. The van der Waals surface area contributed by atoms with Crippen LogP contribution in [0.15, 0.2) is 48.7 Å². The van der Waals surface area contributed by atoms with Gasteiger partial charge in [0.05, 0.1) is 7.11 Å². The molecule has 0 bridgehead atoms. The van der Waals surface area contributed by atoms with Gasteiger partial charge in [0.25, 0.3) is 0 Å². The highest BCUT2D eigenvalue weighted by molar-refractivity contribution is 6.31. The molecule has 0 saturated carbocycles. The summed E-state index contributed by atoms with van der Waals surface area (Å²) < 4.78 is 7.34. The summed E-state index contributed by atoms with van der Waals surface area (Å²) in [4.78, 5) is 18.4. The zero-order chi connectivity index (χ0) is 19.3. The van der Waals surface area contributed by atoms with E-state index in [0.29, 0.717) is 18.1 Å². The first-order valence-corrected chi connectivity index (χ1v) is 9.70. The topological polar surface area (TPSA) is 50.3 Å². The van der Waals surface area contributed by atoms with E-state index in [2.05, 4.69) is 4.98 Å². The predicted octanol–water partition coefficient (Wildman–Crippen LogP) is 4.37. The Labute approximate surface area is 167 Å². The smallest absolute Gasteiger partial charge is 0.242 e. The van der Waals surface area contributed by atoms with Crippen LogP contribution >= 0.6 is 11.6 Å². The zero-order valence-electron chi connectivity index (χ0n) is 15.5. The van der Waals surface area contributed by atoms with Crippen molar-refractivity contribution in [3.05, 3.63) is 64.9 Å². The van der Waals surface area contributed by atoms with Crippen LogP contribution in [0, 0.1) is 0 Å². The van der Waals surface area contributed by atoms with Gasteiger partial charge in [0.2, 0.25) is 5.91 Å². The maximum Gasteiger partial charge on any atom is 0.242 e. The summed E-state index contributed by atoms with van der Waals surface area (Å²) >= 11 is 6.13. The number of ether oxygens (including phenoxy) is 1. The minimum atomic E-state index is 0.111. The number of H-pyrrole nitrogens is 1. The van der Waals surface area contributed by atoms with Crippen LogP contribution in [0.2, 0.25) is 5.02 Å². The number of nitrogens with one attached hydrogen (secondary N) is 1. The Hall–Kier alpha value is -2.92.